The topological polar surface area (TPSA) is 56.4 Å². The second kappa shape index (κ2) is 5.96. The molecule has 1 aromatic heterocycles. The molecule has 126 valence electrons. The lowest BCUT2D eigenvalue weighted by Gasteiger charge is -2.32. The van der Waals surface area contributed by atoms with Crippen LogP contribution < -0.4 is 0 Å². The third-order valence-electron chi connectivity index (χ3n) is 5.60. The van der Waals surface area contributed by atoms with E-state index < -0.39 is 0 Å². The molecule has 24 heavy (non-hydrogen) atoms. The summed E-state index contributed by atoms with van der Waals surface area (Å²) in [4.78, 5) is 32.0. The lowest BCUT2D eigenvalue weighted by molar-refractivity contribution is -0.138. The van der Waals surface area contributed by atoms with Gasteiger partial charge in [-0.3, -0.25) is 9.59 Å². The minimum absolute atomic E-state index is 0.00853. The van der Waals surface area contributed by atoms with Crippen LogP contribution in [0.15, 0.2) is 30.5 Å². The molecule has 1 aromatic carbocycles. The van der Waals surface area contributed by atoms with Crippen LogP contribution in [0.3, 0.4) is 0 Å². The van der Waals surface area contributed by atoms with Gasteiger partial charge in [-0.1, -0.05) is 18.2 Å². The first kappa shape index (κ1) is 15.2. The number of hydrogen-bond acceptors (Lipinski definition) is 2. The molecule has 3 saturated heterocycles. The molecule has 2 aromatic rings. The molecular weight excluding hydrogens is 302 g/mol. The number of nitrogens with one attached hydrogen (secondary N) is 1. The number of carbonyl (C=O) groups is 2. The maximum atomic E-state index is 12.7. The molecule has 0 aliphatic carbocycles. The summed E-state index contributed by atoms with van der Waals surface area (Å²) in [7, 11) is 1.87. The number of piperidine rings is 1. The molecule has 2 amide bonds. The van der Waals surface area contributed by atoms with Gasteiger partial charge in [0.1, 0.15) is 0 Å². The number of benzene rings is 1. The highest BCUT2D eigenvalue weighted by Gasteiger charge is 2.39. The highest BCUT2D eigenvalue weighted by molar-refractivity contribution is 5.85. The summed E-state index contributed by atoms with van der Waals surface area (Å²) in [6.45, 7) is 1.28. The number of nitrogens with zero attached hydrogens (tertiary/aromatic N) is 2. The lowest BCUT2D eigenvalue weighted by atomic mass is 9.95. The van der Waals surface area contributed by atoms with Gasteiger partial charge in [0.05, 0.1) is 5.92 Å². The smallest absolute Gasteiger partial charge is 0.227 e. The van der Waals surface area contributed by atoms with Crippen molar-refractivity contribution in [3.8, 4) is 0 Å². The average Bonchev–Trinajstić information content (AvgIpc) is 2.81. The summed E-state index contributed by atoms with van der Waals surface area (Å²) in [6, 6.07) is 8.36. The van der Waals surface area contributed by atoms with Crippen LogP contribution in [0.1, 0.15) is 24.8 Å². The molecule has 0 unspecified atom stereocenters. The minimum Gasteiger partial charge on any atom is -0.361 e. The van der Waals surface area contributed by atoms with E-state index in [2.05, 4.69) is 17.1 Å². The zero-order valence-corrected chi connectivity index (χ0v) is 14.0. The van der Waals surface area contributed by atoms with Crippen LogP contribution in [-0.2, 0) is 16.0 Å². The van der Waals surface area contributed by atoms with Gasteiger partial charge >= 0.3 is 0 Å². The number of hydrogen-bond donors (Lipinski definition) is 1. The van der Waals surface area contributed by atoms with Crippen LogP contribution >= 0.6 is 0 Å². The zero-order chi connectivity index (χ0) is 16.7. The molecule has 5 nitrogen and oxygen atoms in total. The van der Waals surface area contributed by atoms with Crippen molar-refractivity contribution in [2.24, 2.45) is 5.92 Å². The zero-order valence-electron chi connectivity index (χ0n) is 14.0. The summed E-state index contributed by atoms with van der Waals surface area (Å²) in [5.41, 5.74) is 2.30. The average molecular weight is 325 g/mol. The van der Waals surface area contributed by atoms with E-state index in [4.69, 9.17) is 0 Å². The Morgan fingerprint density at radius 1 is 1.25 bits per heavy atom. The fourth-order valence-corrected chi connectivity index (χ4v) is 4.10. The second-order valence-electron chi connectivity index (χ2n) is 7.04. The van der Waals surface area contributed by atoms with Crippen LogP contribution in [-0.4, -0.2) is 52.8 Å². The van der Waals surface area contributed by atoms with E-state index in [9.17, 15) is 9.59 Å². The third-order valence-corrected chi connectivity index (χ3v) is 5.60. The Balaban J connectivity index is 1.44. The quantitative estimate of drug-likeness (QED) is 0.940. The predicted molar refractivity (Wildman–Crippen MR) is 92.5 cm³/mol. The number of H-pyrrole nitrogens is 1. The summed E-state index contributed by atoms with van der Waals surface area (Å²) < 4.78 is 0. The monoisotopic (exact) mass is 325 g/mol. The highest BCUT2D eigenvalue weighted by atomic mass is 16.2. The number of para-hydroxylation sites is 1. The number of carbonyl (C=O) groups excluding carboxylic acids is 2. The molecule has 0 saturated carbocycles. The first-order chi connectivity index (χ1) is 11.6. The number of aromatic amines is 1. The Hall–Kier alpha value is -2.30. The van der Waals surface area contributed by atoms with Crippen molar-refractivity contribution in [3.05, 3.63) is 36.0 Å². The van der Waals surface area contributed by atoms with Crippen LogP contribution in [0.5, 0.6) is 0 Å². The van der Waals surface area contributed by atoms with E-state index in [1.54, 1.807) is 0 Å². The van der Waals surface area contributed by atoms with Gasteiger partial charge in [0.25, 0.3) is 0 Å². The Bertz CT molecular complexity index is 782. The number of aromatic nitrogens is 1. The van der Waals surface area contributed by atoms with Gasteiger partial charge in [0, 0.05) is 49.7 Å². The van der Waals surface area contributed by atoms with Crippen molar-refractivity contribution in [1.82, 2.24) is 14.8 Å². The standard InChI is InChI=1S/C19H23N3O2/c1-21-15-8-6-14(19(21)24)11-22(12-15)18(23)9-7-13-10-20-17-5-3-2-4-16(13)17/h2-5,10,14-15,20H,6-9,11-12H2,1H3/t14-,15+/m0/s1. The van der Waals surface area contributed by atoms with Crippen molar-refractivity contribution >= 4 is 22.7 Å². The first-order valence-electron chi connectivity index (χ1n) is 8.73. The van der Waals surface area contributed by atoms with Gasteiger partial charge < -0.3 is 14.8 Å². The molecule has 3 fully saturated rings. The minimum atomic E-state index is -0.00853. The fourth-order valence-electron chi connectivity index (χ4n) is 4.10. The number of likely N-dealkylation sites (N-methyl/N-ethyl adjacent to an activating group) is 1. The molecule has 3 aliphatic heterocycles. The Kier molecular flexibility index (Phi) is 3.79. The van der Waals surface area contributed by atoms with Gasteiger partial charge in [-0.25, -0.2) is 0 Å². The molecular formula is C19H23N3O2. The molecule has 0 spiro atoms. The van der Waals surface area contributed by atoms with Gasteiger partial charge in [0.15, 0.2) is 0 Å². The van der Waals surface area contributed by atoms with E-state index >= 15 is 0 Å². The molecule has 2 atom stereocenters. The molecule has 3 aliphatic rings. The van der Waals surface area contributed by atoms with E-state index in [0.29, 0.717) is 19.5 Å². The summed E-state index contributed by atoms with van der Waals surface area (Å²) >= 11 is 0. The van der Waals surface area contributed by atoms with E-state index in [1.165, 1.54) is 10.9 Å². The molecule has 0 radical (unpaired) electrons. The second-order valence-corrected chi connectivity index (χ2v) is 7.04. The summed E-state index contributed by atoms with van der Waals surface area (Å²) in [6.07, 6.45) is 5.16. The van der Waals surface area contributed by atoms with Crippen molar-refractivity contribution in [1.29, 1.82) is 0 Å². The predicted octanol–water partition coefficient (Wildman–Crippen LogP) is 2.18. The molecule has 5 rings (SSSR count). The molecule has 5 heteroatoms. The number of aryl methyl sites for hydroxylation is 1. The fraction of sp³-hybridized carbons (Fsp3) is 0.474. The normalized spacial score (nSPS) is 23.8. The van der Waals surface area contributed by atoms with E-state index in [0.717, 1.165) is 24.8 Å². The molecule has 4 heterocycles. The van der Waals surface area contributed by atoms with Crippen molar-refractivity contribution in [3.63, 3.8) is 0 Å². The number of amides is 2. The number of fused-ring (bicyclic) bond motifs is 5. The highest BCUT2D eigenvalue weighted by Crippen LogP contribution is 2.28. The largest absolute Gasteiger partial charge is 0.361 e. The maximum Gasteiger partial charge on any atom is 0.227 e. The number of rotatable bonds is 3. The van der Waals surface area contributed by atoms with Crippen molar-refractivity contribution in [2.45, 2.75) is 31.7 Å². The SMILES string of the molecule is CN1C(=O)[C@H]2CC[C@@H]1CN(C(=O)CCc1c[nH]c3ccccc13)C2. The van der Waals surface area contributed by atoms with Crippen LogP contribution in [0.4, 0.5) is 0 Å². The van der Waals surface area contributed by atoms with Gasteiger partial charge in [-0.05, 0) is 30.9 Å². The Morgan fingerprint density at radius 2 is 2.08 bits per heavy atom. The van der Waals surface area contributed by atoms with Crippen LogP contribution in [0, 0.1) is 5.92 Å². The summed E-state index contributed by atoms with van der Waals surface area (Å²) in [5.74, 6) is 0.365. The lowest BCUT2D eigenvalue weighted by Crippen LogP contribution is -2.45. The summed E-state index contributed by atoms with van der Waals surface area (Å²) in [5, 5.41) is 1.19. The van der Waals surface area contributed by atoms with Gasteiger partial charge in [-0.15, -0.1) is 0 Å². The van der Waals surface area contributed by atoms with Gasteiger partial charge in [0.2, 0.25) is 11.8 Å². The van der Waals surface area contributed by atoms with Crippen LogP contribution in [0.2, 0.25) is 0 Å². The van der Waals surface area contributed by atoms with E-state index in [1.807, 2.05) is 35.2 Å². The van der Waals surface area contributed by atoms with Crippen molar-refractivity contribution in [2.75, 3.05) is 20.1 Å². The molecule has 1 N–H and O–H groups in total. The molecule has 2 bridgehead atoms. The van der Waals surface area contributed by atoms with E-state index in [-0.39, 0.29) is 23.8 Å². The Morgan fingerprint density at radius 3 is 2.96 bits per heavy atom. The first-order valence-corrected chi connectivity index (χ1v) is 8.73. The Labute approximate surface area is 141 Å². The maximum absolute atomic E-state index is 12.7. The van der Waals surface area contributed by atoms with Gasteiger partial charge in [-0.2, -0.15) is 0 Å². The van der Waals surface area contributed by atoms with Crippen molar-refractivity contribution < 1.29 is 9.59 Å². The third kappa shape index (κ3) is 2.58. The van der Waals surface area contributed by atoms with Crippen LogP contribution in [0.25, 0.3) is 10.9 Å².